The summed E-state index contributed by atoms with van der Waals surface area (Å²) in [6.07, 6.45) is 0.365. The first kappa shape index (κ1) is 17.9. The van der Waals surface area contributed by atoms with E-state index in [1.807, 2.05) is 36.4 Å². The first-order valence-electron chi connectivity index (χ1n) is 8.22. The van der Waals surface area contributed by atoms with Crippen LogP contribution >= 0.6 is 22.6 Å². The topological polar surface area (TPSA) is 55.4 Å². The van der Waals surface area contributed by atoms with E-state index in [4.69, 9.17) is 4.74 Å². The molecule has 1 aliphatic rings. The van der Waals surface area contributed by atoms with E-state index in [-0.39, 0.29) is 5.91 Å². The Morgan fingerprint density at radius 3 is 2.64 bits per heavy atom. The molecule has 0 aromatic heterocycles. The summed E-state index contributed by atoms with van der Waals surface area (Å²) in [7, 11) is 0. The summed E-state index contributed by atoms with van der Waals surface area (Å²) in [6.45, 7) is 5.87. The second kappa shape index (κ2) is 6.78. The van der Waals surface area contributed by atoms with Crippen LogP contribution in [0.4, 0.5) is 5.69 Å². The molecule has 0 bridgehead atoms. The first-order chi connectivity index (χ1) is 11.8. The predicted molar refractivity (Wildman–Crippen MR) is 106 cm³/mol. The van der Waals surface area contributed by atoms with Gasteiger partial charge in [0.1, 0.15) is 0 Å². The maximum atomic E-state index is 12.8. The highest BCUT2D eigenvalue weighted by molar-refractivity contribution is 14.1. The third kappa shape index (κ3) is 3.56. The molecule has 4 nitrogen and oxygen atoms in total. The van der Waals surface area contributed by atoms with Gasteiger partial charge in [0.15, 0.2) is 5.60 Å². The van der Waals surface area contributed by atoms with E-state index in [1.54, 1.807) is 13.0 Å². The number of ether oxygens (including phenoxy) is 1. The Morgan fingerprint density at radius 1 is 1.24 bits per heavy atom. The molecule has 2 aromatic carbocycles. The minimum Gasteiger partial charge on any atom is -0.445 e. The fourth-order valence-corrected chi connectivity index (χ4v) is 3.44. The molecule has 1 heterocycles. The van der Waals surface area contributed by atoms with E-state index in [9.17, 15) is 9.59 Å². The number of cyclic esters (lactones) is 1. The SMILES string of the molecule is CC(C)c1ccc2c(c1)CC(C)(C(=O)Nc1ccccc1I)OC2=O. The molecule has 0 saturated carbocycles. The van der Waals surface area contributed by atoms with Crippen molar-refractivity contribution in [3.05, 3.63) is 62.7 Å². The zero-order valence-electron chi connectivity index (χ0n) is 14.4. The number of benzene rings is 2. The van der Waals surface area contributed by atoms with Crippen LogP contribution in [-0.2, 0) is 16.0 Å². The number of esters is 1. The lowest BCUT2D eigenvalue weighted by Crippen LogP contribution is -2.49. The highest BCUT2D eigenvalue weighted by Crippen LogP contribution is 2.32. The van der Waals surface area contributed by atoms with Gasteiger partial charge in [-0.25, -0.2) is 4.79 Å². The fraction of sp³-hybridized carbons (Fsp3) is 0.300. The molecule has 2 aromatic rings. The molecule has 5 heteroatoms. The number of halogens is 1. The molecule has 0 aliphatic carbocycles. The lowest BCUT2D eigenvalue weighted by atomic mass is 9.86. The predicted octanol–water partition coefficient (Wildman–Crippen LogP) is 4.52. The third-order valence-corrected chi connectivity index (χ3v) is 5.40. The van der Waals surface area contributed by atoms with Crippen LogP contribution in [-0.4, -0.2) is 17.5 Å². The van der Waals surface area contributed by atoms with Crippen LogP contribution in [0.2, 0.25) is 0 Å². The molecule has 1 atom stereocenters. The molecule has 0 radical (unpaired) electrons. The van der Waals surface area contributed by atoms with Gasteiger partial charge in [-0.2, -0.15) is 0 Å². The van der Waals surface area contributed by atoms with Gasteiger partial charge in [-0.1, -0.05) is 38.1 Å². The normalized spacial score (nSPS) is 19.3. The third-order valence-electron chi connectivity index (χ3n) is 4.46. The molecule has 0 spiro atoms. The van der Waals surface area contributed by atoms with Crippen LogP contribution in [0.5, 0.6) is 0 Å². The smallest absolute Gasteiger partial charge is 0.339 e. The van der Waals surface area contributed by atoms with Crippen molar-refractivity contribution in [3.8, 4) is 0 Å². The van der Waals surface area contributed by atoms with Crippen LogP contribution in [0.15, 0.2) is 42.5 Å². The highest BCUT2D eigenvalue weighted by atomic mass is 127. The number of rotatable bonds is 3. The number of carbonyl (C=O) groups is 2. The number of amides is 1. The van der Waals surface area contributed by atoms with Crippen LogP contribution in [0.25, 0.3) is 0 Å². The summed E-state index contributed by atoms with van der Waals surface area (Å²) in [6, 6.07) is 13.3. The van der Waals surface area contributed by atoms with Gasteiger partial charge < -0.3 is 10.1 Å². The molecule has 25 heavy (non-hydrogen) atoms. The average molecular weight is 449 g/mol. The minimum atomic E-state index is -1.22. The molecule has 0 saturated heterocycles. The Morgan fingerprint density at radius 2 is 1.96 bits per heavy atom. The standard InChI is InChI=1S/C20H20INO3/c1-12(2)13-8-9-15-14(10-13)11-20(3,25-18(15)23)19(24)22-17-7-5-4-6-16(17)21/h4-10,12H,11H2,1-3H3,(H,22,24). The van der Waals surface area contributed by atoms with E-state index in [2.05, 4.69) is 41.8 Å². The van der Waals surface area contributed by atoms with Crippen LogP contribution in [0, 0.1) is 3.57 Å². The van der Waals surface area contributed by atoms with Crippen molar-refractivity contribution in [3.63, 3.8) is 0 Å². The van der Waals surface area contributed by atoms with Crippen molar-refractivity contribution in [2.75, 3.05) is 5.32 Å². The quantitative estimate of drug-likeness (QED) is 0.554. The van der Waals surface area contributed by atoms with Gasteiger partial charge >= 0.3 is 5.97 Å². The van der Waals surface area contributed by atoms with E-state index < -0.39 is 11.6 Å². The molecule has 1 N–H and O–H groups in total. The number of fused-ring (bicyclic) bond motifs is 1. The fourth-order valence-electron chi connectivity index (χ4n) is 2.92. The van der Waals surface area contributed by atoms with E-state index >= 15 is 0 Å². The number of nitrogens with one attached hydrogen (secondary N) is 1. The van der Waals surface area contributed by atoms with Crippen molar-refractivity contribution in [1.82, 2.24) is 0 Å². The Hall–Kier alpha value is -1.89. The Labute approximate surface area is 161 Å². The highest BCUT2D eigenvalue weighted by Gasteiger charge is 2.43. The molecule has 3 rings (SSSR count). The molecule has 1 unspecified atom stereocenters. The van der Waals surface area contributed by atoms with Gasteiger partial charge in [0.25, 0.3) is 5.91 Å². The number of carbonyl (C=O) groups excluding carboxylic acids is 2. The van der Waals surface area contributed by atoms with E-state index in [0.29, 0.717) is 23.6 Å². The summed E-state index contributed by atoms with van der Waals surface area (Å²) in [5.41, 5.74) is 2.05. The first-order valence-corrected chi connectivity index (χ1v) is 9.30. The summed E-state index contributed by atoms with van der Waals surface area (Å²) < 4.78 is 6.45. The average Bonchev–Trinajstić information content (AvgIpc) is 2.56. The second-order valence-corrected chi connectivity index (χ2v) is 7.96. The largest absolute Gasteiger partial charge is 0.445 e. The molecular formula is C20H20INO3. The number of anilines is 1. The van der Waals surface area contributed by atoms with Crippen LogP contribution in [0.3, 0.4) is 0 Å². The molecule has 130 valence electrons. The van der Waals surface area contributed by atoms with Crippen LogP contribution < -0.4 is 5.32 Å². The van der Waals surface area contributed by atoms with Gasteiger partial charge in [-0.15, -0.1) is 0 Å². The Kier molecular flexibility index (Phi) is 4.86. The maximum Gasteiger partial charge on any atom is 0.339 e. The molecular weight excluding hydrogens is 429 g/mol. The zero-order chi connectivity index (χ0) is 18.2. The number of hydrogen-bond donors (Lipinski definition) is 1. The van der Waals surface area contributed by atoms with E-state index in [0.717, 1.165) is 14.7 Å². The molecule has 0 fully saturated rings. The van der Waals surface area contributed by atoms with Gasteiger partial charge in [0, 0.05) is 9.99 Å². The van der Waals surface area contributed by atoms with Crippen molar-refractivity contribution in [2.24, 2.45) is 0 Å². The van der Waals surface area contributed by atoms with Gasteiger partial charge in [0.2, 0.25) is 0 Å². The monoisotopic (exact) mass is 449 g/mol. The van der Waals surface area contributed by atoms with Gasteiger partial charge in [-0.05, 0) is 64.8 Å². The summed E-state index contributed by atoms with van der Waals surface area (Å²) >= 11 is 2.16. The minimum absolute atomic E-state index is 0.314. The van der Waals surface area contributed by atoms with Gasteiger partial charge in [-0.3, -0.25) is 4.79 Å². The zero-order valence-corrected chi connectivity index (χ0v) is 16.6. The van der Waals surface area contributed by atoms with Crippen molar-refractivity contribution >= 4 is 40.2 Å². The van der Waals surface area contributed by atoms with Crippen molar-refractivity contribution in [1.29, 1.82) is 0 Å². The van der Waals surface area contributed by atoms with Crippen LogP contribution in [0.1, 0.15) is 48.2 Å². The number of para-hydroxylation sites is 1. The second-order valence-electron chi connectivity index (χ2n) is 6.80. The molecule has 1 aliphatic heterocycles. The lowest BCUT2D eigenvalue weighted by Gasteiger charge is -2.33. The summed E-state index contributed by atoms with van der Waals surface area (Å²) in [5, 5.41) is 2.89. The summed E-state index contributed by atoms with van der Waals surface area (Å²) in [5.74, 6) is -0.406. The number of hydrogen-bond acceptors (Lipinski definition) is 3. The van der Waals surface area contributed by atoms with Gasteiger partial charge in [0.05, 0.1) is 11.3 Å². The maximum absolute atomic E-state index is 12.8. The van der Waals surface area contributed by atoms with E-state index in [1.165, 1.54) is 0 Å². The lowest BCUT2D eigenvalue weighted by molar-refractivity contribution is -0.134. The molecule has 1 amide bonds. The summed E-state index contributed by atoms with van der Waals surface area (Å²) in [4.78, 5) is 25.2. The van der Waals surface area contributed by atoms with Crippen molar-refractivity contribution < 1.29 is 14.3 Å². The van der Waals surface area contributed by atoms with Crippen molar-refractivity contribution in [2.45, 2.75) is 38.7 Å². The Bertz CT molecular complexity index is 847. The Balaban J connectivity index is 1.90.